The summed E-state index contributed by atoms with van der Waals surface area (Å²) in [4.78, 5) is 21.4. The Kier molecular flexibility index (Phi) is 18.3. The zero-order chi connectivity index (χ0) is 54.7. The third kappa shape index (κ3) is 13.3. The molecule has 11 nitrogen and oxygen atoms in total. The van der Waals surface area contributed by atoms with E-state index in [1.807, 2.05) is 0 Å². The number of nitrogens with zero attached hydrogens (tertiary/aromatic N) is 7. The van der Waals surface area contributed by atoms with Crippen LogP contribution in [0.4, 0.5) is 5.69 Å². The summed E-state index contributed by atoms with van der Waals surface area (Å²) in [5.41, 5.74) is 20.7. The first-order valence-electron chi connectivity index (χ1n) is 31.0. The molecule has 3 saturated heterocycles. The molecule has 5 N–H and O–H groups in total. The minimum atomic E-state index is -0.0584. The van der Waals surface area contributed by atoms with Gasteiger partial charge >= 0.3 is 0 Å². The van der Waals surface area contributed by atoms with Gasteiger partial charge in [-0.2, -0.15) is 0 Å². The number of hydrogen-bond acceptors (Lipinski definition) is 11. The Morgan fingerprint density at radius 3 is 2.42 bits per heavy atom. The Balaban J connectivity index is 0.913. The van der Waals surface area contributed by atoms with Crippen LogP contribution in [-0.2, 0) is 25.8 Å². The molecule has 3 aromatic heterocycles. The molecule has 3 aliphatic carbocycles. The molecule has 4 aromatic rings. The van der Waals surface area contributed by atoms with Gasteiger partial charge in [-0.05, 0) is 164 Å². The number of aryl methyl sites for hydroxylation is 2. The number of benzene rings is 1. The smallest absolute Gasteiger partial charge is 0.0957 e. The number of nitrogens with two attached hydrogens (primary N) is 1. The lowest BCUT2D eigenvalue weighted by molar-refractivity contribution is 0.183. The van der Waals surface area contributed by atoms with Crippen LogP contribution in [0, 0.1) is 23.2 Å². The number of anilines is 1. The Labute approximate surface area is 474 Å². The van der Waals surface area contributed by atoms with Crippen molar-refractivity contribution in [2.45, 2.75) is 181 Å². The average molecular weight is 1080 g/mol. The second kappa shape index (κ2) is 25.1. The third-order valence-corrected chi connectivity index (χ3v) is 19.8. The first-order chi connectivity index (χ1) is 37.8. The second-order valence-electron chi connectivity index (χ2n) is 25.6. The summed E-state index contributed by atoms with van der Waals surface area (Å²) in [6.07, 6.45) is 20.7. The van der Waals surface area contributed by atoms with Gasteiger partial charge < -0.3 is 36.1 Å². The lowest BCUT2D eigenvalue weighted by atomic mass is 9.79. The van der Waals surface area contributed by atoms with E-state index < -0.39 is 0 Å². The number of hydrogen-bond donors (Lipinski definition) is 4. The summed E-state index contributed by atoms with van der Waals surface area (Å²) in [7, 11) is 0. The van der Waals surface area contributed by atoms with Crippen LogP contribution in [0.15, 0.2) is 84.8 Å². The lowest BCUT2D eigenvalue weighted by Gasteiger charge is -2.37. The van der Waals surface area contributed by atoms with E-state index in [1.165, 1.54) is 114 Å². The van der Waals surface area contributed by atoms with E-state index in [4.69, 9.17) is 28.9 Å². The molecule has 10 rings (SSSR count). The highest BCUT2D eigenvalue weighted by Crippen LogP contribution is 2.45. The van der Waals surface area contributed by atoms with E-state index in [0.717, 1.165) is 144 Å². The molecule has 12 heteroatoms. The van der Waals surface area contributed by atoms with Gasteiger partial charge in [0.1, 0.15) is 0 Å². The molecule has 0 spiro atoms. The molecule has 424 valence electrons. The molecule has 6 fully saturated rings. The van der Waals surface area contributed by atoms with Crippen LogP contribution in [0.1, 0.15) is 141 Å². The number of fused-ring (bicyclic) bond motifs is 1. The van der Waals surface area contributed by atoms with Crippen molar-refractivity contribution in [1.82, 2.24) is 45.2 Å². The zero-order valence-corrected chi connectivity index (χ0v) is 49.9. The van der Waals surface area contributed by atoms with Crippen LogP contribution < -0.4 is 26.6 Å². The molecule has 0 amide bonds. The van der Waals surface area contributed by atoms with Gasteiger partial charge in [-0.1, -0.05) is 65.0 Å². The predicted molar refractivity (Wildman–Crippen MR) is 330 cm³/mol. The molecule has 5 atom stereocenters. The molecular weight excluding hydrogens is 979 g/mol. The van der Waals surface area contributed by atoms with Gasteiger partial charge in [0.25, 0.3) is 0 Å². The maximum Gasteiger partial charge on any atom is 0.0957 e. The number of pyridine rings is 1. The summed E-state index contributed by atoms with van der Waals surface area (Å²) in [5, 5.41) is 16.3. The van der Waals surface area contributed by atoms with Crippen molar-refractivity contribution in [3.63, 3.8) is 0 Å². The van der Waals surface area contributed by atoms with Crippen LogP contribution in [-0.4, -0.2) is 125 Å². The number of thiazole rings is 1. The summed E-state index contributed by atoms with van der Waals surface area (Å²) in [5.74, 6) is 2.10. The number of likely N-dealkylation sites (tertiary alicyclic amines) is 1. The molecule has 0 bridgehead atoms. The Bertz CT molecular complexity index is 2730. The van der Waals surface area contributed by atoms with Crippen molar-refractivity contribution in [2.24, 2.45) is 28.9 Å². The minimum absolute atomic E-state index is 0.0551. The highest BCUT2D eigenvalue weighted by Gasteiger charge is 2.49. The molecule has 0 radical (unpaired) electrons. The third-order valence-electron chi connectivity index (χ3n) is 18.9. The summed E-state index contributed by atoms with van der Waals surface area (Å²) >= 11 is 1.77. The lowest BCUT2D eigenvalue weighted by Crippen LogP contribution is -2.47. The van der Waals surface area contributed by atoms with Crippen LogP contribution >= 0.6 is 11.3 Å². The van der Waals surface area contributed by atoms with Gasteiger partial charge in [-0.25, -0.2) is 4.98 Å². The first-order valence-corrected chi connectivity index (χ1v) is 31.9. The number of piperazine rings is 1. The van der Waals surface area contributed by atoms with Gasteiger partial charge in [0, 0.05) is 128 Å². The maximum atomic E-state index is 5.95. The van der Waals surface area contributed by atoms with Crippen molar-refractivity contribution < 1.29 is 0 Å². The fourth-order valence-electron chi connectivity index (χ4n) is 14.0. The van der Waals surface area contributed by atoms with Crippen molar-refractivity contribution in [3.8, 4) is 22.5 Å². The molecule has 1 aromatic carbocycles. The number of allylic oxidation sites excluding steroid dienone is 1. The van der Waals surface area contributed by atoms with E-state index in [-0.39, 0.29) is 11.5 Å². The SMILES string of the molecule is C=C(C)CCC(C)(C)Cc1c(-c2cc(N3CCN(C4CC4)CC3)cnc2CC)n(CC)c2ccc(-c3csc(CC(NC(=C)C(C4CCCC4)N4CCC(CN(CC)C(=C)C5NC5C5CC5)C4)C(=C)NCCCCN)n3)cc12. The molecule has 6 heterocycles. The molecule has 78 heavy (non-hydrogen) atoms. The average Bonchev–Trinajstić information content (AvgIpc) is 4.46. The van der Waals surface area contributed by atoms with Gasteiger partial charge in [0.15, 0.2) is 0 Å². The number of rotatable bonds is 30. The summed E-state index contributed by atoms with van der Waals surface area (Å²) in [6.45, 7) is 43.7. The number of aromatic nitrogens is 3. The van der Waals surface area contributed by atoms with Crippen LogP contribution in [0.5, 0.6) is 0 Å². The van der Waals surface area contributed by atoms with E-state index in [2.05, 4.69) is 131 Å². The number of likely N-dealkylation sites (N-methyl/N-ethyl adjacent to an activating group) is 1. The van der Waals surface area contributed by atoms with Gasteiger partial charge in [-0.3, -0.25) is 14.8 Å². The Morgan fingerprint density at radius 1 is 0.949 bits per heavy atom. The van der Waals surface area contributed by atoms with Crippen molar-refractivity contribution in [2.75, 3.05) is 70.3 Å². The predicted octanol–water partition coefficient (Wildman–Crippen LogP) is 11.9. The molecule has 3 aliphatic heterocycles. The summed E-state index contributed by atoms with van der Waals surface area (Å²) < 4.78 is 2.59. The monoisotopic (exact) mass is 1080 g/mol. The largest absolute Gasteiger partial charge is 0.387 e. The van der Waals surface area contributed by atoms with Crippen LogP contribution in [0.25, 0.3) is 33.4 Å². The van der Waals surface area contributed by atoms with Crippen LogP contribution in [0.3, 0.4) is 0 Å². The summed E-state index contributed by atoms with van der Waals surface area (Å²) in [6, 6.07) is 11.8. The van der Waals surface area contributed by atoms with E-state index in [9.17, 15) is 0 Å². The Morgan fingerprint density at radius 2 is 1.73 bits per heavy atom. The second-order valence-corrected chi connectivity index (χ2v) is 26.5. The van der Waals surface area contributed by atoms with Crippen molar-refractivity contribution >= 4 is 27.9 Å². The zero-order valence-electron chi connectivity index (χ0n) is 49.1. The molecule has 6 aliphatic rings. The van der Waals surface area contributed by atoms with Crippen molar-refractivity contribution in [1.29, 1.82) is 0 Å². The first kappa shape index (κ1) is 56.8. The fourth-order valence-corrected chi connectivity index (χ4v) is 14.8. The van der Waals surface area contributed by atoms with Crippen LogP contribution in [0.2, 0.25) is 0 Å². The van der Waals surface area contributed by atoms with Gasteiger partial charge in [0.2, 0.25) is 0 Å². The standard InChI is InChI=1S/C66H99N11S/c1-11-57-55(37-53(40-69-57)75-34-32-74(33-35-75)52-23-24-52)65-56(39-66(9,10)28-26-44(4)5)54-36-51(22-25-60(54)77(65)13-3)59-43-78-61(71-59)38-58(45(6)68-30-17-16-29-67)70-46(7)64(50-18-14-15-19-50)76-31-27-48(42-76)41-73(12-2)47(8)62-63(72-62)49-20-21-49/h22,25,36-37,40,43,48-50,52,58,62-64,68,70,72H,4,6-8,11-21,23-24,26-35,38-39,41-42,67H2,1-3,5,9-10H3. The van der Waals surface area contributed by atoms with E-state index in [1.54, 1.807) is 11.3 Å². The number of unbranched alkanes of at least 4 members (excludes halogenated alkanes) is 1. The number of nitrogens with one attached hydrogen (secondary N) is 3. The molecule has 3 saturated carbocycles. The quantitative estimate of drug-likeness (QED) is 0.0229. The molecule has 5 unspecified atom stereocenters. The van der Waals surface area contributed by atoms with E-state index in [0.29, 0.717) is 36.5 Å². The Hall–Kier alpha value is -4.46. The fraction of sp³-hybridized carbons (Fsp3) is 0.636. The van der Waals surface area contributed by atoms with E-state index >= 15 is 0 Å². The highest BCUT2D eigenvalue weighted by atomic mass is 32.1. The van der Waals surface area contributed by atoms with Gasteiger partial charge in [-0.15, -0.1) is 17.9 Å². The minimum Gasteiger partial charge on any atom is -0.387 e. The van der Waals surface area contributed by atoms with Gasteiger partial charge in [0.05, 0.1) is 46.4 Å². The molecular formula is C66H99N11S. The van der Waals surface area contributed by atoms with Crippen molar-refractivity contribution in [3.05, 3.63) is 101 Å². The normalized spacial score (nSPS) is 22.0. The maximum absolute atomic E-state index is 5.95. The highest BCUT2D eigenvalue weighted by molar-refractivity contribution is 7.10. The topological polar surface area (TPSA) is 116 Å².